The molecule has 0 aliphatic carbocycles. The molecule has 4 nitrogen and oxygen atoms in total. The third-order valence-electron chi connectivity index (χ3n) is 3.94. The summed E-state index contributed by atoms with van der Waals surface area (Å²) in [5.41, 5.74) is 1.61. The first-order valence-corrected chi connectivity index (χ1v) is 7.90. The van der Waals surface area contributed by atoms with E-state index < -0.39 is 0 Å². The Bertz CT molecular complexity index is 630. The van der Waals surface area contributed by atoms with Crippen LogP contribution in [0.1, 0.15) is 42.8 Å². The SMILES string of the molecule is Cc1c(C(=O)NCC(CCO)CC(C)C)oc2ccccc12. The fourth-order valence-electron chi connectivity index (χ4n) is 2.86. The van der Waals surface area contributed by atoms with Crippen molar-refractivity contribution in [2.75, 3.05) is 13.2 Å². The maximum Gasteiger partial charge on any atom is 0.287 e. The third kappa shape index (κ3) is 3.89. The van der Waals surface area contributed by atoms with Gasteiger partial charge in [0.1, 0.15) is 5.58 Å². The molecule has 1 aromatic heterocycles. The van der Waals surface area contributed by atoms with Gasteiger partial charge in [-0.15, -0.1) is 0 Å². The minimum Gasteiger partial charge on any atom is -0.451 e. The number of hydrogen-bond acceptors (Lipinski definition) is 3. The molecular weight excluding hydrogens is 278 g/mol. The van der Waals surface area contributed by atoms with E-state index >= 15 is 0 Å². The second-order valence-corrected chi connectivity index (χ2v) is 6.27. The molecule has 0 radical (unpaired) electrons. The van der Waals surface area contributed by atoms with Crippen molar-refractivity contribution >= 4 is 16.9 Å². The number of carbonyl (C=O) groups is 1. The van der Waals surface area contributed by atoms with E-state index in [-0.39, 0.29) is 12.5 Å². The molecule has 0 aliphatic rings. The second kappa shape index (κ2) is 7.45. The molecule has 120 valence electrons. The first-order valence-electron chi connectivity index (χ1n) is 7.90. The number of furan rings is 1. The number of benzene rings is 1. The largest absolute Gasteiger partial charge is 0.451 e. The van der Waals surface area contributed by atoms with Gasteiger partial charge in [-0.25, -0.2) is 0 Å². The molecule has 0 aliphatic heterocycles. The molecule has 0 bridgehead atoms. The Morgan fingerprint density at radius 2 is 2.05 bits per heavy atom. The van der Waals surface area contributed by atoms with Crippen LogP contribution in [0.5, 0.6) is 0 Å². The number of amides is 1. The summed E-state index contributed by atoms with van der Waals surface area (Å²) in [6, 6.07) is 7.66. The number of aliphatic hydroxyl groups is 1. The fourth-order valence-corrected chi connectivity index (χ4v) is 2.86. The molecule has 2 rings (SSSR count). The summed E-state index contributed by atoms with van der Waals surface area (Å²) in [4.78, 5) is 12.4. The highest BCUT2D eigenvalue weighted by molar-refractivity contribution is 5.98. The maximum absolute atomic E-state index is 12.4. The minimum absolute atomic E-state index is 0.150. The molecular formula is C18H25NO3. The molecule has 22 heavy (non-hydrogen) atoms. The third-order valence-corrected chi connectivity index (χ3v) is 3.94. The molecule has 0 saturated carbocycles. The fraction of sp³-hybridized carbons (Fsp3) is 0.500. The molecule has 0 saturated heterocycles. The van der Waals surface area contributed by atoms with Crippen LogP contribution in [-0.2, 0) is 0 Å². The molecule has 0 spiro atoms. The van der Waals surface area contributed by atoms with Crippen LogP contribution in [0.15, 0.2) is 28.7 Å². The number of fused-ring (bicyclic) bond motifs is 1. The van der Waals surface area contributed by atoms with Crippen LogP contribution in [-0.4, -0.2) is 24.2 Å². The second-order valence-electron chi connectivity index (χ2n) is 6.27. The van der Waals surface area contributed by atoms with E-state index in [0.29, 0.717) is 30.6 Å². The molecule has 2 N–H and O–H groups in total. The molecule has 1 heterocycles. The van der Waals surface area contributed by atoms with Crippen LogP contribution in [0.3, 0.4) is 0 Å². The van der Waals surface area contributed by atoms with E-state index in [1.54, 1.807) is 0 Å². The lowest BCUT2D eigenvalue weighted by molar-refractivity contribution is 0.0915. The smallest absolute Gasteiger partial charge is 0.287 e. The zero-order chi connectivity index (χ0) is 16.1. The van der Waals surface area contributed by atoms with Gasteiger partial charge in [-0.05, 0) is 37.7 Å². The lowest BCUT2D eigenvalue weighted by atomic mass is 9.94. The number of rotatable bonds is 7. The Balaban J connectivity index is 2.05. The zero-order valence-electron chi connectivity index (χ0n) is 13.6. The molecule has 2 aromatic rings. The number of para-hydroxylation sites is 1. The van der Waals surface area contributed by atoms with Crippen molar-refractivity contribution < 1.29 is 14.3 Å². The molecule has 0 fully saturated rings. The zero-order valence-corrected chi connectivity index (χ0v) is 13.6. The Morgan fingerprint density at radius 3 is 2.68 bits per heavy atom. The number of hydrogen-bond donors (Lipinski definition) is 2. The van der Waals surface area contributed by atoms with Crippen molar-refractivity contribution in [1.82, 2.24) is 5.32 Å². The summed E-state index contributed by atoms with van der Waals surface area (Å²) in [5.74, 6) is 1.04. The van der Waals surface area contributed by atoms with Crippen molar-refractivity contribution in [1.29, 1.82) is 0 Å². The van der Waals surface area contributed by atoms with Crippen molar-refractivity contribution in [3.8, 4) is 0 Å². The quantitative estimate of drug-likeness (QED) is 0.822. The normalized spacial score (nSPS) is 12.8. The van der Waals surface area contributed by atoms with Gasteiger partial charge in [-0.2, -0.15) is 0 Å². The summed E-state index contributed by atoms with van der Waals surface area (Å²) < 4.78 is 5.67. The predicted molar refractivity (Wildman–Crippen MR) is 87.9 cm³/mol. The Kier molecular flexibility index (Phi) is 5.61. The van der Waals surface area contributed by atoms with Crippen LogP contribution >= 0.6 is 0 Å². The van der Waals surface area contributed by atoms with Crippen molar-refractivity contribution in [2.24, 2.45) is 11.8 Å². The molecule has 1 aromatic carbocycles. The Hall–Kier alpha value is -1.81. The van der Waals surface area contributed by atoms with E-state index in [1.807, 2.05) is 31.2 Å². The van der Waals surface area contributed by atoms with Gasteiger partial charge in [0.15, 0.2) is 5.76 Å². The first-order chi connectivity index (χ1) is 10.5. The van der Waals surface area contributed by atoms with Gasteiger partial charge in [0.25, 0.3) is 5.91 Å². The predicted octanol–water partition coefficient (Wildman–Crippen LogP) is 3.52. The van der Waals surface area contributed by atoms with Crippen LogP contribution < -0.4 is 5.32 Å². The van der Waals surface area contributed by atoms with E-state index in [1.165, 1.54) is 0 Å². The highest BCUT2D eigenvalue weighted by atomic mass is 16.3. The lowest BCUT2D eigenvalue weighted by Gasteiger charge is -2.18. The van der Waals surface area contributed by atoms with E-state index in [4.69, 9.17) is 9.52 Å². The van der Waals surface area contributed by atoms with Crippen molar-refractivity contribution in [3.63, 3.8) is 0 Å². The molecule has 1 atom stereocenters. The summed E-state index contributed by atoms with van der Waals surface area (Å²) in [5, 5.41) is 13.1. The average Bonchev–Trinajstić information content (AvgIpc) is 2.82. The van der Waals surface area contributed by atoms with Crippen molar-refractivity contribution in [3.05, 3.63) is 35.6 Å². The highest BCUT2D eigenvalue weighted by Gasteiger charge is 2.19. The standard InChI is InChI=1S/C18H25NO3/c1-12(2)10-14(8-9-20)11-19-18(21)17-13(3)15-6-4-5-7-16(15)22-17/h4-7,12,14,20H,8-11H2,1-3H3,(H,19,21). The molecule has 1 amide bonds. The van der Waals surface area contributed by atoms with Gasteiger partial charge in [0.2, 0.25) is 0 Å². The van der Waals surface area contributed by atoms with Crippen LogP contribution in [0.2, 0.25) is 0 Å². The van der Waals surface area contributed by atoms with Crippen LogP contribution in [0, 0.1) is 18.8 Å². The molecule has 4 heteroatoms. The topological polar surface area (TPSA) is 62.5 Å². The van der Waals surface area contributed by atoms with Gasteiger partial charge in [-0.3, -0.25) is 4.79 Å². The van der Waals surface area contributed by atoms with Gasteiger partial charge >= 0.3 is 0 Å². The lowest BCUT2D eigenvalue weighted by Crippen LogP contribution is -2.30. The van der Waals surface area contributed by atoms with Crippen molar-refractivity contribution in [2.45, 2.75) is 33.6 Å². The van der Waals surface area contributed by atoms with Gasteiger partial charge < -0.3 is 14.8 Å². The number of nitrogens with one attached hydrogen (secondary N) is 1. The van der Waals surface area contributed by atoms with Gasteiger partial charge in [0.05, 0.1) is 0 Å². The summed E-state index contributed by atoms with van der Waals surface area (Å²) >= 11 is 0. The van der Waals surface area contributed by atoms with Gasteiger partial charge in [-0.1, -0.05) is 32.0 Å². The average molecular weight is 303 g/mol. The number of aryl methyl sites for hydroxylation is 1. The van der Waals surface area contributed by atoms with Gasteiger partial charge in [0, 0.05) is 24.1 Å². The maximum atomic E-state index is 12.4. The van der Waals surface area contributed by atoms with E-state index in [0.717, 1.165) is 23.0 Å². The Labute approximate surface area is 131 Å². The minimum atomic E-state index is -0.180. The van der Waals surface area contributed by atoms with Crippen LogP contribution in [0.25, 0.3) is 11.0 Å². The Morgan fingerprint density at radius 1 is 1.32 bits per heavy atom. The number of carbonyl (C=O) groups excluding carboxylic acids is 1. The molecule has 1 unspecified atom stereocenters. The summed E-state index contributed by atoms with van der Waals surface area (Å²) in [7, 11) is 0. The highest BCUT2D eigenvalue weighted by Crippen LogP contribution is 2.25. The van der Waals surface area contributed by atoms with E-state index in [2.05, 4.69) is 19.2 Å². The van der Waals surface area contributed by atoms with Crippen LogP contribution in [0.4, 0.5) is 0 Å². The monoisotopic (exact) mass is 303 g/mol. The number of aliphatic hydroxyl groups excluding tert-OH is 1. The summed E-state index contributed by atoms with van der Waals surface area (Å²) in [6.45, 7) is 6.91. The first kappa shape index (κ1) is 16.6. The van der Waals surface area contributed by atoms with E-state index in [9.17, 15) is 4.79 Å². The summed E-state index contributed by atoms with van der Waals surface area (Å²) in [6.07, 6.45) is 1.69.